The summed E-state index contributed by atoms with van der Waals surface area (Å²) in [5, 5.41) is 0. The molecule has 2 unspecified atom stereocenters. The number of ether oxygens (including phenoxy) is 1. The van der Waals surface area contributed by atoms with E-state index in [4.69, 9.17) is 10.6 Å². The smallest absolute Gasteiger partial charge is 0.0750 e. The van der Waals surface area contributed by atoms with Gasteiger partial charge in [0.1, 0.15) is 0 Å². The Labute approximate surface area is 85.2 Å². The Hall–Kier alpha value is -0.900. The van der Waals surface area contributed by atoms with Crippen LogP contribution in [0.5, 0.6) is 0 Å². The summed E-state index contributed by atoms with van der Waals surface area (Å²) in [5.41, 5.74) is 5.15. The van der Waals surface area contributed by atoms with E-state index in [1.807, 2.05) is 19.1 Å². The zero-order chi connectivity index (χ0) is 10.6. The van der Waals surface area contributed by atoms with Crippen LogP contribution in [0, 0.1) is 6.92 Å². The van der Waals surface area contributed by atoms with Gasteiger partial charge in [0.25, 0.3) is 0 Å². The van der Waals surface area contributed by atoms with Gasteiger partial charge in [-0.25, -0.2) is 0 Å². The van der Waals surface area contributed by atoms with Gasteiger partial charge in [0.2, 0.25) is 0 Å². The Kier molecular flexibility index (Phi) is 4.07. The molecule has 1 aromatic carbocycles. The second-order valence-electron chi connectivity index (χ2n) is 3.50. The molecule has 3 heteroatoms. The van der Waals surface area contributed by atoms with Crippen molar-refractivity contribution in [3.8, 4) is 0 Å². The van der Waals surface area contributed by atoms with Gasteiger partial charge in [0.05, 0.1) is 12.1 Å². The van der Waals surface area contributed by atoms with Crippen LogP contribution in [0.3, 0.4) is 0 Å². The number of hydrogen-bond acceptors (Lipinski definition) is 3. The average Bonchev–Trinajstić information content (AvgIpc) is 2.19. The quantitative estimate of drug-likeness (QED) is 0.564. The van der Waals surface area contributed by atoms with Gasteiger partial charge >= 0.3 is 0 Å². The molecule has 3 N–H and O–H groups in total. The first-order valence-electron chi connectivity index (χ1n) is 4.74. The van der Waals surface area contributed by atoms with E-state index in [1.165, 1.54) is 5.56 Å². The zero-order valence-electron chi connectivity index (χ0n) is 8.95. The molecule has 0 aliphatic heterocycles. The van der Waals surface area contributed by atoms with E-state index in [0.29, 0.717) is 0 Å². The van der Waals surface area contributed by atoms with Crippen molar-refractivity contribution < 1.29 is 4.74 Å². The molecule has 0 spiro atoms. The highest BCUT2D eigenvalue weighted by molar-refractivity contribution is 5.25. The van der Waals surface area contributed by atoms with Crippen molar-refractivity contribution in [3.05, 3.63) is 35.4 Å². The maximum Gasteiger partial charge on any atom is 0.0750 e. The van der Waals surface area contributed by atoms with Gasteiger partial charge in [-0.2, -0.15) is 0 Å². The monoisotopic (exact) mass is 194 g/mol. The number of methoxy groups -OCH3 is 1. The normalized spacial score (nSPS) is 15.1. The van der Waals surface area contributed by atoms with Crippen molar-refractivity contribution in [2.45, 2.75) is 26.0 Å². The van der Waals surface area contributed by atoms with Gasteiger partial charge in [0.15, 0.2) is 0 Å². The fourth-order valence-corrected chi connectivity index (χ4v) is 1.50. The summed E-state index contributed by atoms with van der Waals surface area (Å²) >= 11 is 0. The maximum atomic E-state index is 5.50. The van der Waals surface area contributed by atoms with Crippen LogP contribution in [-0.4, -0.2) is 13.2 Å². The first kappa shape index (κ1) is 11.2. The van der Waals surface area contributed by atoms with E-state index in [9.17, 15) is 0 Å². The molecule has 0 saturated heterocycles. The summed E-state index contributed by atoms with van der Waals surface area (Å²) in [6.45, 7) is 4.06. The molecular weight excluding hydrogens is 176 g/mol. The van der Waals surface area contributed by atoms with Crippen LogP contribution in [0.25, 0.3) is 0 Å². The Bertz CT molecular complexity index is 288. The molecule has 0 fully saturated rings. The summed E-state index contributed by atoms with van der Waals surface area (Å²) in [5.74, 6) is 5.50. The highest BCUT2D eigenvalue weighted by Gasteiger charge is 2.16. The third-order valence-corrected chi connectivity index (χ3v) is 2.42. The van der Waals surface area contributed by atoms with Crippen LogP contribution in [0.4, 0.5) is 0 Å². The van der Waals surface area contributed by atoms with Gasteiger partial charge in [-0.15, -0.1) is 0 Å². The lowest BCUT2D eigenvalue weighted by atomic mass is 10.0. The fraction of sp³-hybridized carbons (Fsp3) is 0.455. The van der Waals surface area contributed by atoms with Crippen molar-refractivity contribution in [1.82, 2.24) is 5.43 Å². The lowest BCUT2D eigenvalue weighted by molar-refractivity contribution is 0.0831. The SMILES string of the molecule is COC(C)C(NN)c1cccc(C)c1. The predicted molar refractivity (Wildman–Crippen MR) is 57.7 cm³/mol. The van der Waals surface area contributed by atoms with Crippen LogP contribution >= 0.6 is 0 Å². The van der Waals surface area contributed by atoms with Crippen molar-refractivity contribution in [2.24, 2.45) is 5.84 Å². The lowest BCUT2D eigenvalue weighted by Gasteiger charge is -2.22. The third-order valence-electron chi connectivity index (χ3n) is 2.42. The number of rotatable bonds is 4. The van der Waals surface area contributed by atoms with Crippen LogP contribution in [-0.2, 0) is 4.74 Å². The number of hydrazine groups is 1. The summed E-state index contributed by atoms with van der Waals surface area (Å²) in [6, 6.07) is 8.29. The van der Waals surface area contributed by atoms with Crippen LogP contribution < -0.4 is 11.3 Å². The minimum absolute atomic E-state index is 0.0416. The first-order valence-corrected chi connectivity index (χ1v) is 4.74. The number of benzene rings is 1. The van der Waals surface area contributed by atoms with Crippen molar-refractivity contribution in [2.75, 3.05) is 7.11 Å². The van der Waals surface area contributed by atoms with E-state index < -0.39 is 0 Å². The number of nitrogens with one attached hydrogen (secondary N) is 1. The third kappa shape index (κ3) is 2.54. The summed E-state index contributed by atoms with van der Waals surface area (Å²) in [4.78, 5) is 0. The number of nitrogens with two attached hydrogens (primary N) is 1. The summed E-state index contributed by atoms with van der Waals surface area (Å²) < 4.78 is 5.25. The zero-order valence-corrected chi connectivity index (χ0v) is 8.95. The van der Waals surface area contributed by atoms with Gasteiger partial charge in [-0.05, 0) is 19.4 Å². The molecule has 3 nitrogen and oxygen atoms in total. The largest absolute Gasteiger partial charge is 0.380 e. The van der Waals surface area contributed by atoms with Crippen molar-refractivity contribution in [3.63, 3.8) is 0 Å². The molecule has 0 aliphatic carbocycles. The highest BCUT2D eigenvalue weighted by atomic mass is 16.5. The van der Waals surface area contributed by atoms with Crippen LogP contribution in [0.2, 0.25) is 0 Å². The van der Waals surface area contributed by atoms with E-state index >= 15 is 0 Å². The Balaban J connectivity index is 2.89. The molecule has 14 heavy (non-hydrogen) atoms. The molecule has 1 aromatic rings. The summed E-state index contributed by atoms with van der Waals surface area (Å²) in [7, 11) is 1.69. The molecule has 2 atom stereocenters. The molecule has 0 bridgehead atoms. The molecule has 0 radical (unpaired) electrons. The number of hydrogen-bond donors (Lipinski definition) is 2. The van der Waals surface area contributed by atoms with Crippen LogP contribution in [0.1, 0.15) is 24.1 Å². The number of aryl methyl sites for hydroxylation is 1. The fourth-order valence-electron chi connectivity index (χ4n) is 1.50. The average molecular weight is 194 g/mol. The molecule has 0 heterocycles. The molecule has 78 valence electrons. The van der Waals surface area contributed by atoms with E-state index in [0.717, 1.165) is 5.56 Å². The van der Waals surface area contributed by atoms with Crippen molar-refractivity contribution in [1.29, 1.82) is 0 Å². The molecule has 0 amide bonds. The van der Waals surface area contributed by atoms with Crippen LogP contribution in [0.15, 0.2) is 24.3 Å². The molecule has 0 aliphatic rings. The molecule has 0 saturated carbocycles. The van der Waals surface area contributed by atoms with Gasteiger partial charge < -0.3 is 4.74 Å². The minimum Gasteiger partial charge on any atom is -0.380 e. The lowest BCUT2D eigenvalue weighted by Crippen LogP contribution is -2.36. The van der Waals surface area contributed by atoms with E-state index in [1.54, 1.807) is 7.11 Å². The maximum absolute atomic E-state index is 5.50. The molecular formula is C11H18N2O. The van der Waals surface area contributed by atoms with Gasteiger partial charge in [-0.3, -0.25) is 11.3 Å². The molecule has 1 rings (SSSR count). The topological polar surface area (TPSA) is 47.3 Å². The standard InChI is InChI=1S/C11H18N2O/c1-8-5-4-6-10(7-8)11(13-12)9(2)14-3/h4-7,9,11,13H,12H2,1-3H3. The highest BCUT2D eigenvalue weighted by Crippen LogP contribution is 2.18. The Morgan fingerprint density at radius 1 is 1.43 bits per heavy atom. The van der Waals surface area contributed by atoms with Crippen molar-refractivity contribution >= 4 is 0 Å². The second-order valence-corrected chi connectivity index (χ2v) is 3.50. The minimum atomic E-state index is 0.0416. The predicted octanol–water partition coefficient (Wildman–Crippen LogP) is 1.53. The summed E-state index contributed by atoms with van der Waals surface area (Å²) in [6.07, 6.45) is 0.0572. The molecule has 0 aromatic heterocycles. The van der Waals surface area contributed by atoms with E-state index in [2.05, 4.69) is 24.5 Å². The Morgan fingerprint density at radius 3 is 2.64 bits per heavy atom. The second kappa shape index (κ2) is 5.10. The first-order chi connectivity index (χ1) is 6.69. The van der Waals surface area contributed by atoms with Gasteiger partial charge in [0, 0.05) is 7.11 Å². The van der Waals surface area contributed by atoms with Gasteiger partial charge in [-0.1, -0.05) is 29.8 Å². The van der Waals surface area contributed by atoms with E-state index in [-0.39, 0.29) is 12.1 Å². The Morgan fingerprint density at radius 2 is 2.14 bits per heavy atom.